The second-order valence-electron chi connectivity index (χ2n) is 6.38. The first kappa shape index (κ1) is 13.8. The summed E-state index contributed by atoms with van der Waals surface area (Å²) in [5.41, 5.74) is 1.90. The summed E-state index contributed by atoms with van der Waals surface area (Å²) in [5, 5.41) is 16.2. The SMILES string of the molecule is Cc1cc2c(NC(C)(C)C3CC3)ccc([N+](=O)[O-])c2cn1. The lowest BCUT2D eigenvalue weighted by atomic mass is 9.97. The molecular weight excluding hydrogens is 266 g/mol. The maximum absolute atomic E-state index is 11.2. The number of nitrogens with one attached hydrogen (secondary N) is 1. The molecule has 1 saturated carbocycles. The number of anilines is 1. The van der Waals surface area contributed by atoms with Crippen LogP contribution in [0.25, 0.3) is 10.8 Å². The van der Waals surface area contributed by atoms with E-state index in [1.165, 1.54) is 12.8 Å². The Kier molecular flexibility index (Phi) is 3.08. The molecule has 1 aromatic heterocycles. The summed E-state index contributed by atoms with van der Waals surface area (Å²) in [4.78, 5) is 15.0. The van der Waals surface area contributed by atoms with Gasteiger partial charge in [-0.05, 0) is 51.7 Å². The van der Waals surface area contributed by atoms with Gasteiger partial charge in [0.1, 0.15) is 0 Å². The van der Waals surface area contributed by atoms with Crippen molar-refractivity contribution in [3.05, 3.63) is 40.2 Å². The Labute approximate surface area is 123 Å². The van der Waals surface area contributed by atoms with E-state index in [-0.39, 0.29) is 16.1 Å². The third-order valence-electron chi connectivity index (χ3n) is 4.27. The van der Waals surface area contributed by atoms with Gasteiger partial charge < -0.3 is 5.32 Å². The number of aryl methyl sites for hydroxylation is 1. The second-order valence-corrected chi connectivity index (χ2v) is 6.38. The van der Waals surface area contributed by atoms with E-state index in [4.69, 9.17) is 0 Å². The van der Waals surface area contributed by atoms with Crippen LogP contribution in [0, 0.1) is 23.0 Å². The van der Waals surface area contributed by atoms with Gasteiger partial charge in [-0.1, -0.05) is 0 Å². The Bertz CT molecular complexity index is 721. The molecule has 3 rings (SSSR count). The second kappa shape index (κ2) is 4.69. The lowest BCUT2D eigenvalue weighted by molar-refractivity contribution is -0.383. The van der Waals surface area contributed by atoms with Gasteiger partial charge in [0.25, 0.3) is 5.69 Å². The lowest BCUT2D eigenvalue weighted by Crippen LogP contribution is -2.33. The van der Waals surface area contributed by atoms with Crippen molar-refractivity contribution in [1.82, 2.24) is 4.98 Å². The third-order valence-corrected chi connectivity index (χ3v) is 4.27. The monoisotopic (exact) mass is 285 g/mol. The normalized spacial score (nSPS) is 15.2. The number of nitro groups is 1. The Balaban J connectivity index is 2.12. The van der Waals surface area contributed by atoms with E-state index in [1.54, 1.807) is 12.3 Å². The molecule has 1 fully saturated rings. The molecule has 110 valence electrons. The van der Waals surface area contributed by atoms with Crippen molar-refractivity contribution in [2.24, 2.45) is 5.92 Å². The molecule has 0 amide bonds. The fraction of sp³-hybridized carbons (Fsp3) is 0.438. The Morgan fingerprint density at radius 2 is 2.05 bits per heavy atom. The Hall–Kier alpha value is -2.17. The smallest absolute Gasteiger partial charge is 0.278 e. The van der Waals surface area contributed by atoms with Crippen LogP contribution in [0.15, 0.2) is 24.4 Å². The number of aromatic nitrogens is 1. The van der Waals surface area contributed by atoms with Gasteiger partial charge in [0.15, 0.2) is 0 Å². The highest BCUT2D eigenvalue weighted by atomic mass is 16.6. The van der Waals surface area contributed by atoms with E-state index < -0.39 is 0 Å². The predicted molar refractivity (Wildman–Crippen MR) is 83.6 cm³/mol. The molecule has 0 radical (unpaired) electrons. The summed E-state index contributed by atoms with van der Waals surface area (Å²) in [5.74, 6) is 0.672. The minimum atomic E-state index is -0.352. The summed E-state index contributed by atoms with van der Waals surface area (Å²) in [6, 6.07) is 5.28. The van der Waals surface area contributed by atoms with Gasteiger partial charge in [0.05, 0.1) is 10.3 Å². The van der Waals surface area contributed by atoms with E-state index in [0.29, 0.717) is 11.3 Å². The predicted octanol–water partition coefficient (Wildman–Crippen LogP) is 4.05. The van der Waals surface area contributed by atoms with Crippen molar-refractivity contribution >= 4 is 22.1 Å². The molecule has 1 aliphatic carbocycles. The highest BCUT2D eigenvalue weighted by Crippen LogP contribution is 2.42. The number of hydrogen-bond donors (Lipinski definition) is 1. The lowest BCUT2D eigenvalue weighted by Gasteiger charge is -2.28. The van der Waals surface area contributed by atoms with E-state index in [0.717, 1.165) is 16.8 Å². The average molecular weight is 285 g/mol. The number of hydrogen-bond acceptors (Lipinski definition) is 4. The number of fused-ring (bicyclic) bond motifs is 1. The van der Waals surface area contributed by atoms with Crippen molar-refractivity contribution in [1.29, 1.82) is 0 Å². The zero-order chi connectivity index (χ0) is 15.2. The average Bonchev–Trinajstić information content (AvgIpc) is 3.23. The van der Waals surface area contributed by atoms with Crippen LogP contribution >= 0.6 is 0 Å². The molecule has 0 spiro atoms. The quantitative estimate of drug-likeness (QED) is 0.679. The highest BCUT2D eigenvalue weighted by molar-refractivity contribution is 5.99. The fourth-order valence-electron chi connectivity index (χ4n) is 2.85. The van der Waals surface area contributed by atoms with Gasteiger partial charge in [-0.15, -0.1) is 0 Å². The zero-order valence-corrected chi connectivity index (χ0v) is 12.5. The summed E-state index contributed by atoms with van der Waals surface area (Å²) in [6.07, 6.45) is 4.08. The van der Waals surface area contributed by atoms with Crippen LogP contribution in [-0.2, 0) is 0 Å². The summed E-state index contributed by atoms with van der Waals surface area (Å²) >= 11 is 0. The van der Waals surface area contributed by atoms with Gasteiger partial charge in [0, 0.05) is 34.6 Å². The molecule has 5 heteroatoms. The van der Waals surface area contributed by atoms with Crippen molar-refractivity contribution < 1.29 is 4.92 Å². The molecule has 1 aromatic carbocycles. The van der Waals surface area contributed by atoms with Crippen molar-refractivity contribution in [3.63, 3.8) is 0 Å². The first-order chi connectivity index (χ1) is 9.88. The molecule has 0 aliphatic heterocycles. The highest BCUT2D eigenvalue weighted by Gasteiger charge is 2.38. The van der Waals surface area contributed by atoms with Crippen LogP contribution in [0.1, 0.15) is 32.4 Å². The molecule has 0 bridgehead atoms. The maximum atomic E-state index is 11.2. The van der Waals surface area contributed by atoms with Gasteiger partial charge in [0.2, 0.25) is 0 Å². The molecule has 5 nitrogen and oxygen atoms in total. The fourth-order valence-corrected chi connectivity index (χ4v) is 2.85. The summed E-state index contributed by atoms with van der Waals surface area (Å²) in [7, 11) is 0. The van der Waals surface area contributed by atoms with Crippen molar-refractivity contribution in [2.75, 3.05) is 5.32 Å². The van der Waals surface area contributed by atoms with Crippen LogP contribution in [0.2, 0.25) is 0 Å². The Morgan fingerprint density at radius 1 is 1.33 bits per heavy atom. The molecule has 1 N–H and O–H groups in total. The summed E-state index contributed by atoms with van der Waals surface area (Å²) < 4.78 is 0. The van der Waals surface area contributed by atoms with Gasteiger partial charge in [-0.25, -0.2) is 0 Å². The molecule has 0 unspecified atom stereocenters. The van der Waals surface area contributed by atoms with E-state index in [1.807, 2.05) is 19.1 Å². The number of nitrogens with zero attached hydrogens (tertiary/aromatic N) is 2. The van der Waals surface area contributed by atoms with E-state index in [9.17, 15) is 10.1 Å². The van der Waals surface area contributed by atoms with Crippen LogP contribution in [-0.4, -0.2) is 15.4 Å². The Morgan fingerprint density at radius 3 is 2.67 bits per heavy atom. The first-order valence-electron chi connectivity index (χ1n) is 7.20. The largest absolute Gasteiger partial charge is 0.379 e. The number of non-ortho nitro benzene ring substituents is 1. The number of rotatable bonds is 4. The molecule has 0 atom stereocenters. The van der Waals surface area contributed by atoms with Crippen LogP contribution < -0.4 is 5.32 Å². The minimum absolute atomic E-state index is 0.000236. The molecular formula is C16H19N3O2. The summed E-state index contributed by atoms with van der Waals surface area (Å²) in [6.45, 7) is 6.27. The molecule has 1 heterocycles. The third kappa shape index (κ3) is 2.55. The van der Waals surface area contributed by atoms with E-state index >= 15 is 0 Å². The molecule has 21 heavy (non-hydrogen) atoms. The molecule has 1 aliphatic rings. The molecule has 0 saturated heterocycles. The van der Waals surface area contributed by atoms with E-state index in [2.05, 4.69) is 24.1 Å². The zero-order valence-electron chi connectivity index (χ0n) is 12.5. The maximum Gasteiger partial charge on any atom is 0.278 e. The van der Waals surface area contributed by atoms with Gasteiger partial charge in [-0.3, -0.25) is 15.1 Å². The topological polar surface area (TPSA) is 68.1 Å². The van der Waals surface area contributed by atoms with Gasteiger partial charge in [-0.2, -0.15) is 0 Å². The van der Waals surface area contributed by atoms with Crippen molar-refractivity contribution in [3.8, 4) is 0 Å². The number of benzene rings is 1. The standard InChI is InChI=1S/C16H19N3O2/c1-10-8-12-13(9-17-10)15(19(20)21)7-6-14(12)18-16(2,3)11-4-5-11/h6-9,11,18H,4-5H2,1-3H3. The van der Waals surface area contributed by atoms with Crippen LogP contribution in [0.5, 0.6) is 0 Å². The first-order valence-corrected chi connectivity index (χ1v) is 7.20. The molecule has 2 aromatic rings. The minimum Gasteiger partial charge on any atom is -0.379 e. The van der Waals surface area contributed by atoms with Crippen LogP contribution in [0.3, 0.4) is 0 Å². The van der Waals surface area contributed by atoms with Crippen molar-refractivity contribution in [2.45, 2.75) is 39.2 Å². The van der Waals surface area contributed by atoms with Crippen LogP contribution in [0.4, 0.5) is 11.4 Å². The van der Waals surface area contributed by atoms with Gasteiger partial charge >= 0.3 is 0 Å². The number of pyridine rings is 1. The number of nitro benzene ring substituents is 1.